The molecule has 0 saturated heterocycles. The topological polar surface area (TPSA) is 61.0 Å². The molecule has 2 aromatic rings. The first kappa shape index (κ1) is 12.1. The smallest absolute Gasteiger partial charge is 0.267 e. The molecule has 2 rings (SSSR count). The van der Waals surface area contributed by atoms with Gasteiger partial charge in [0, 0.05) is 12.3 Å². The monoisotopic (exact) mass is 315 g/mol. The third-order valence-electron chi connectivity index (χ3n) is 2.15. The molecule has 1 heterocycles. The van der Waals surface area contributed by atoms with Gasteiger partial charge in [-0.1, -0.05) is 17.7 Å². The van der Waals surface area contributed by atoms with Crippen LogP contribution in [0.25, 0.3) is 0 Å². The summed E-state index contributed by atoms with van der Waals surface area (Å²) in [7, 11) is 0. The maximum absolute atomic E-state index is 10.8. The van der Waals surface area contributed by atoms with Crippen LogP contribution >= 0.6 is 27.5 Å². The fourth-order valence-electron chi connectivity index (χ4n) is 1.41. The van der Waals surface area contributed by atoms with Gasteiger partial charge in [-0.3, -0.25) is 14.8 Å². The minimum atomic E-state index is -0.427. The molecular weight excluding hydrogens is 309 g/mol. The molecule has 0 aliphatic heterocycles. The van der Waals surface area contributed by atoms with E-state index in [1.807, 2.05) is 0 Å². The summed E-state index contributed by atoms with van der Waals surface area (Å²) in [5.41, 5.74) is 0.834. The molecule has 0 amide bonds. The molecule has 1 aromatic carbocycles. The van der Waals surface area contributed by atoms with Crippen LogP contribution in [-0.2, 0) is 6.54 Å². The molecule has 0 fully saturated rings. The molecule has 0 saturated carbocycles. The van der Waals surface area contributed by atoms with Gasteiger partial charge in [0.15, 0.2) is 0 Å². The van der Waals surface area contributed by atoms with Gasteiger partial charge in [-0.15, -0.1) is 0 Å². The second kappa shape index (κ2) is 4.85. The highest BCUT2D eigenvalue weighted by atomic mass is 79.9. The molecule has 7 heteroatoms. The average Bonchev–Trinajstić information content (AvgIpc) is 2.66. The Labute approximate surface area is 110 Å². The van der Waals surface area contributed by atoms with Gasteiger partial charge in [0.1, 0.15) is 0 Å². The van der Waals surface area contributed by atoms with Gasteiger partial charge in [0.2, 0.25) is 0 Å². The van der Waals surface area contributed by atoms with Crippen molar-refractivity contribution < 1.29 is 4.92 Å². The Morgan fingerprint density at radius 1 is 1.53 bits per heavy atom. The van der Waals surface area contributed by atoms with E-state index in [1.165, 1.54) is 12.3 Å². The van der Waals surface area contributed by atoms with E-state index in [2.05, 4.69) is 21.0 Å². The third kappa shape index (κ3) is 2.83. The highest BCUT2D eigenvalue weighted by molar-refractivity contribution is 9.10. The van der Waals surface area contributed by atoms with Gasteiger partial charge in [-0.05, 0) is 27.6 Å². The molecule has 88 valence electrons. The number of hydrogen-bond donors (Lipinski definition) is 0. The Kier molecular flexibility index (Phi) is 3.44. The summed E-state index contributed by atoms with van der Waals surface area (Å²) in [5, 5.41) is 15.3. The van der Waals surface area contributed by atoms with Crippen LogP contribution in [0.2, 0.25) is 5.02 Å². The minimum absolute atomic E-state index is 0.0424. The van der Waals surface area contributed by atoms with Crippen LogP contribution in [0.4, 0.5) is 5.69 Å². The molecule has 0 radical (unpaired) electrons. The first-order chi connectivity index (χ1) is 8.06. The highest BCUT2D eigenvalue weighted by Crippen LogP contribution is 2.25. The van der Waals surface area contributed by atoms with Crippen molar-refractivity contribution in [3.8, 4) is 0 Å². The maximum Gasteiger partial charge on any atom is 0.283 e. The van der Waals surface area contributed by atoms with Crippen LogP contribution in [0.1, 0.15) is 5.56 Å². The van der Waals surface area contributed by atoms with E-state index >= 15 is 0 Å². The van der Waals surface area contributed by atoms with Crippen LogP contribution in [0, 0.1) is 10.1 Å². The maximum atomic E-state index is 10.8. The Morgan fingerprint density at radius 2 is 2.29 bits per heavy atom. The summed E-state index contributed by atoms with van der Waals surface area (Å²) in [4.78, 5) is 10.3. The van der Waals surface area contributed by atoms with Crippen molar-refractivity contribution in [2.24, 2.45) is 0 Å². The first-order valence-electron chi connectivity index (χ1n) is 4.67. The summed E-state index contributed by atoms with van der Waals surface area (Å²) in [6.07, 6.45) is 3.18. The first-order valence-corrected chi connectivity index (χ1v) is 5.84. The van der Waals surface area contributed by atoms with E-state index < -0.39 is 4.92 Å². The predicted octanol–water partition coefficient (Wildman–Crippen LogP) is 3.26. The van der Waals surface area contributed by atoms with Gasteiger partial charge in [-0.2, -0.15) is 5.10 Å². The van der Waals surface area contributed by atoms with Gasteiger partial charge in [0.05, 0.1) is 27.2 Å². The number of halogens is 2. The molecule has 0 N–H and O–H groups in total. The predicted molar refractivity (Wildman–Crippen MR) is 67.1 cm³/mol. The lowest BCUT2D eigenvalue weighted by atomic mass is 10.2. The molecular formula is C10H7BrClN3O2. The second-order valence-corrected chi connectivity index (χ2v) is 4.69. The Hall–Kier alpha value is -1.40. The molecule has 0 atom stereocenters. The lowest BCUT2D eigenvalue weighted by Gasteiger charge is -2.02. The quantitative estimate of drug-likeness (QED) is 0.645. The van der Waals surface area contributed by atoms with Crippen LogP contribution in [-0.4, -0.2) is 14.7 Å². The van der Waals surface area contributed by atoms with E-state index in [0.717, 1.165) is 5.56 Å². The Morgan fingerprint density at radius 3 is 2.88 bits per heavy atom. The standard InChI is InChI=1S/C10H7BrClN3O2/c11-9-2-1-7(3-10(9)15(16)17)5-14-6-8(12)4-13-14/h1-4,6H,5H2. The van der Waals surface area contributed by atoms with Crippen molar-refractivity contribution in [3.05, 3.63) is 55.8 Å². The largest absolute Gasteiger partial charge is 0.283 e. The molecule has 1 aromatic heterocycles. The Bertz CT molecular complexity index is 570. The Balaban J connectivity index is 2.28. The number of nitrogens with zero attached hydrogens (tertiary/aromatic N) is 3. The van der Waals surface area contributed by atoms with Crippen molar-refractivity contribution in [1.29, 1.82) is 0 Å². The second-order valence-electron chi connectivity index (χ2n) is 3.40. The lowest BCUT2D eigenvalue weighted by molar-refractivity contribution is -0.385. The molecule has 0 aliphatic rings. The summed E-state index contributed by atoms with van der Waals surface area (Å²) in [6, 6.07) is 4.96. The molecule has 0 spiro atoms. The number of hydrogen-bond acceptors (Lipinski definition) is 3. The summed E-state index contributed by atoms with van der Waals surface area (Å²) < 4.78 is 2.08. The van der Waals surface area contributed by atoms with Gasteiger partial charge >= 0.3 is 0 Å². The highest BCUT2D eigenvalue weighted by Gasteiger charge is 2.12. The zero-order valence-corrected chi connectivity index (χ0v) is 10.8. The lowest BCUT2D eigenvalue weighted by Crippen LogP contribution is -2.00. The fourth-order valence-corrected chi connectivity index (χ4v) is 1.96. The summed E-state index contributed by atoms with van der Waals surface area (Å²) >= 11 is 8.87. The van der Waals surface area contributed by atoms with Crippen LogP contribution in [0.5, 0.6) is 0 Å². The fraction of sp³-hybridized carbons (Fsp3) is 0.100. The SMILES string of the molecule is O=[N+]([O-])c1cc(Cn2cc(Cl)cn2)ccc1Br. The van der Waals surface area contributed by atoms with Crippen molar-refractivity contribution in [2.75, 3.05) is 0 Å². The summed E-state index contributed by atoms with van der Waals surface area (Å²) in [5.74, 6) is 0. The van der Waals surface area contributed by atoms with Crippen LogP contribution < -0.4 is 0 Å². The number of rotatable bonds is 3. The molecule has 0 aliphatic carbocycles. The van der Waals surface area contributed by atoms with Crippen molar-refractivity contribution in [2.45, 2.75) is 6.54 Å². The van der Waals surface area contributed by atoms with Crippen LogP contribution in [0.15, 0.2) is 35.1 Å². The van der Waals surface area contributed by atoms with E-state index in [0.29, 0.717) is 16.0 Å². The number of aromatic nitrogens is 2. The number of benzene rings is 1. The van der Waals surface area contributed by atoms with E-state index in [1.54, 1.807) is 23.0 Å². The third-order valence-corrected chi connectivity index (χ3v) is 3.02. The normalized spacial score (nSPS) is 10.5. The molecule has 0 unspecified atom stereocenters. The summed E-state index contributed by atoms with van der Waals surface area (Å²) in [6.45, 7) is 0.445. The molecule has 17 heavy (non-hydrogen) atoms. The average molecular weight is 317 g/mol. The molecule has 0 bridgehead atoms. The van der Waals surface area contributed by atoms with Gasteiger partial charge < -0.3 is 0 Å². The molecule has 5 nitrogen and oxygen atoms in total. The number of nitro groups is 1. The van der Waals surface area contributed by atoms with E-state index in [4.69, 9.17) is 11.6 Å². The zero-order chi connectivity index (χ0) is 12.4. The van der Waals surface area contributed by atoms with E-state index in [-0.39, 0.29) is 5.69 Å². The van der Waals surface area contributed by atoms with Crippen molar-refractivity contribution in [3.63, 3.8) is 0 Å². The number of nitro benzene ring substituents is 1. The van der Waals surface area contributed by atoms with E-state index in [9.17, 15) is 10.1 Å². The van der Waals surface area contributed by atoms with Crippen molar-refractivity contribution >= 4 is 33.2 Å². The van der Waals surface area contributed by atoms with Gasteiger partial charge in [-0.25, -0.2) is 0 Å². The minimum Gasteiger partial charge on any atom is -0.267 e. The van der Waals surface area contributed by atoms with Gasteiger partial charge in [0.25, 0.3) is 5.69 Å². The van der Waals surface area contributed by atoms with Crippen molar-refractivity contribution in [1.82, 2.24) is 9.78 Å². The van der Waals surface area contributed by atoms with Crippen LogP contribution in [0.3, 0.4) is 0 Å². The zero-order valence-electron chi connectivity index (χ0n) is 8.51.